The summed E-state index contributed by atoms with van der Waals surface area (Å²) in [6.07, 6.45) is 1.86. The van der Waals surface area contributed by atoms with Gasteiger partial charge in [-0.1, -0.05) is 35.3 Å². The number of thiophene rings is 1. The molecule has 0 fully saturated rings. The Morgan fingerprint density at radius 1 is 1.24 bits per heavy atom. The molecule has 2 N–H and O–H groups in total. The van der Waals surface area contributed by atoms with Crippen LogP contribution in [0.15, 0.2) is 42.9 Å². The van der Waals surface area contributed by atoms with Crippen molar-refractivity contribution in [3.05, 3.63) is 79.5 Å². The second-order valence-electron chi connectivity index (χ2n) is 5.87. The van der Waals surface area contributed by atoms with E-state index in [9.17, 15) is 10.2 Å². The smallest absolute Gasteiger partial charge is 0.138 e. The topological polar surface area (TPSA) is 66.2 Å². The Bertz CT molecular complexity index is 912. The van der Waals surface area contributed by atoms with Crippen LogP contribution in [0.2, 0.25) is 10.2 Å². The third-order valence-electron chi connectivity index (χ3n) is 4.10. The van der Waals surface area contributed by atoms with Gasteiger partial charge in [-0.05, 0) is 37.6 Å². The zero-order valence-electron chi connectivity index (χ0n) is 13.6. The highest BCUT2D eigenvalue weighted by atomic mass is 35.5. The lowest BCUT2D eigenvalue weighted by Gasteiger charge is -2.24. The molecular formula is C18H16Cl2N2O2S. The summed E-state index contributed by atoms with van der Waals surface area (Å²) in [7, 11) is 0. The predicted octanol–water partition coefficient (Wildman–Crippen LogP) is 4.49. The lowest BCUT2D eigenvalue weighted by atomic mass is 9.88. The Morgan fingerprint density at radius 2 is 2.00 bits per heavy atom. The second-order valence-corrected chi connectivity index (χ2v) is 7.95. The molecule has 2 atom stereocenters. The fourth-order valence-corrected chi connectivity index (χ4v) is 4.25. The van der Waals surface area contributed by atoms with Crippen LogP contribution in [0.25, 0.3) is 0 Å². The van der Waals surface area contributed by atoms with E-state index < -0.39 is 11.7 Å². The number of aryl methyl sites for hydroxylation is 1. The van der Waals surface area contributed by atoms with Crippen molar-refractivity contribution >= 4 is 34.5 Å². The molecule has 2 aromatic heterocycles. The number of hydrogen-bond donors (Lipinski definition) is 2. The number of aromatic nitrogens is 2. The summed E-state index contributed by atoms with van der Waals surface area (Å²) >= 11 is 13.5. The first-order chi connectivity index (χ1) is 11.8. The van der Waals surface area contributed by atoms with Crippen LogP contribution < -0.4 is 0 Å². The normalized spacial score (nSPS) is 15.0. The molecule has 2 heterocycles. The van der Waals surface area contributed by atoms with Gasteiger partial charge in [-0.25, -0.2) is 9.97 Å². The predicted molar refractivity (Wildman–Crippen MR) is 100 cm³/mol. The van der Waals surface area contributed by atoms with Gasteiger partial charge in [-0.15, -0.1) is 11.3 Å². The summed E-state index contributed by atoms with van der Waals surface area (Å²) in [6.45, 7) is 3.61. The summed E-state index contributed by atoms with van der Waals surface area (Å²) in [5, 5.41) is 22.5. The average molecular weight is 395 g/mol. The van der Waals surface area contributed by atoms with Crippen LogP contribution >= 0.6 is 34.5 Å². The molecule has 0 aliphatic rings. The Morgan fingerprint density at radius 3 is 2.68 bits per heavy atom. The minimum atomic E-state index is -1.24. The zero-order valence-corrected chi connectivity index (χ0v) is 15.9. The van der Waals surface area contributed by atoms with Gasteiger partial charge < -0.3 is 10.2 Å². The molecule has 130 valence electrons. The fraction of sp³-hybridized carbons (Fsp3) is 0.222. The van der Waals surface area contributed by atoms with E-state index in [1.165, 1.54) is 23.9 Å². The fourth-order valence-electron chi connectivity index (χ4n) is 2.73. The van der Waals surface area contributed by atoms with Gasteiger partial charge in [0, 0.05) is 32.1 Å². The number of nitrogens with zero attached hydrogens (tertiary/aromatic N) is 2. The monoisotopic (exact) mass is 394 g/mol. The molecule has 3 aromatic rings. The quantitative estimate of drug-likeness (QED) is 0.639. The van der Waals surface area contributed by atoms with Gasteiger partial charge in [0.25, 0.3) is 0 Å². The molecule has 0 saturated heterocycles. The highest BCUT2D eigenvalue weighted by molar-refractivity contribution is 7.12. The number of halogens is 2. The molecule has 25 heavy (non-hydrogen) atoms. The highest BCUT2D eigenvalue weighted by Crippen LogP contribution is 2.40. The number of rotatable bonds is 4. The maximum Gasteiger partial charge on any atom is 0.138 e. The molecule has 0 aliphatic heterocycles. The third kappa shape index (κ3) is 3.57. The molecule has 0 saturated carbocycles. The summed E-state index contributed by atoms with van der Waals surface area (Å²) < 4.78 is 0. The van der Waals surface area contributed by atoms with Crippen LogP contribution in [0.3, 0.4) is 0 Å². The SMILES string of the molecule is Cc1sc([C@@H](O)c2cncnc2Cl)cc1[C@@](C)(O)c1cccc(Cl)c1. The van der Waals surface area contributed by atoms with Crippen LogP contribution in [0.1, 0.15) is 39.5 Å². The Balaban J connectivity index is 2.01. The van der Waals surface area contributed by atoms with E-state index in [-0.39, 0.29) is 5.15 Å². The van der Waals surface area contributed by atoms with Crippen LogP contribution in [0.4, 0.5) is 0 Å². The van der Waals surface area contributed by atoms with E-state index in [1.807, 2.05) is 13.0 Å². The third-order valence-corrected chi connectivity index (χ3v) is 5.76. The van der Waals surface area contributed by atoms with Crippen molar-refractivity contribution < 1.29 is 10.2 Å². The van der Waals surface area contributed by atoms with Crippen molar-refractivity contribution in [3.63, 3.8) is 0 Å². The van der Waals surface area contributed by atoms with Crippen molar-refractivity contribution in [1.82, 2.24) is 9.97 Å². The Labute approximate surface area is 159 Å². The van der Waals surface area contributed by atoms with Crippen LogP contribution in [-0.2, 0) is 5.60 Å². The first-order valence-corrected chi connectivity index (χ1v) is 9.10. The molecule has 1 aromatic carbocycles. The van der Waals surface area contributed by atoms with Crippen LogP contribution in [0.5, 0.6) is 0 Å². The molecule has 3 rings (SSSR count). The maximum atomic E-state index is 11.1. The molecule has 4 nitrogen and oxygen atoms in total. The Kier molecular flexibility index (Phi) is 5.14. The first-order valence-electron chi connectivity index (χ1n) is 7.53. The van der Waals surface area contributed by atoms with E-state index in [4.69, 9.17) is 23.2 Å². The molecule has 0 aliphatic carbocycles. The van der Waals surface area contributed by atoms with Crippen molar-refractivity contribution in [3.8, 4) is 0 Å². The lowest BCUT2D eigenvalue weighted by Crippen LogP contribution is -2.23. The number of aliphatic hydroxyl groups is 2. The van der Waals surface area contributed by atoms with Gasteiger partial charge in [0.15, 0.2) is 0 Å². The average Bonchev–Trinajstić information content (AvgIpc) is 2.97. The number of aliphatic hydroxyl groups excluding tert-OH is 1. The van der Waals surface area contributed by atoms with E-state index >= 15 is 0 Å². The molecule has 0 amide bonds. The first kappa shape index (κ1) is 18.3. The summed E-state index contributed by atoms with van der Waals surface area (Å²) in [6, 6.07) is 8.89. The van der Waals surface area contributed by atoms with Gasteiger partial charge in [0.05, 0.1) is 0 Å². The van der Waals surface area contributed by atoms with Gasteiger partial charge in [0.2, 0.25) is 0 Å². The number of benzene rings is 1. The molecule has 7 heteroatoms. The van der Waals surface area contributed by atoms with Crippen molar-refractivity contribution in [2.75, 3.05) is 0 Å². The minimum Gasteiger partial charge on any atom is -0.383 e. The summed E-state index contributed by atoms with van der Waals surface area (Å²) in [5.41, 5.74) is 0.588. The molecule has 0 radical (unpaired) electrons. The van der Waals surface area contributed by atoms with Crippen molar-refractivity contribution in [2.45, 2.75) is 25.6 Å². The highest BCUT2D eigenvalue weighted by Gasteiger charge is 2.31. The van der Waals surface area contributed by atoms with Gasteiger partial charge in [0.1, 0.15) is 23.2 Å². The van der Waals surface area contributed by atoms with Gasteiger partial charge in [-0.2, -0.15) is 0 Å². The zero-order chi connectivity index (χ0) is 18.2. The van der Waals surface area contributed by atoms with E-state index in [2.05, 4.69) is 9.97 Å². The molecule has 0 unspecified atom stereocenters. The van der Waals surface area contributed by atoms with Gasteiger partial charge >= 0.3 is 0 Å². The second kappa shape index (κ2) is 7.02. The Hall–Kier alpha value is -1.50. The lowest BCUT2D eigenvalue weighted by molar-refractivity contribution is 0.102. The van der Waals surface area contributed by atoms with E-state index in [0.29, 0.717) is 26.6 Å². The molecule has 0 spiro atoms. The summed E-state index contributed by atoms with van der Waals surface area (Å²) in [4.78, 5) is 9.36. The standard InChI is InChI=1S/C18H16Cl2N2O2S/c1-10-14(18(2,24)11-4-3-5-12(19)6-11)7-15(25-10)16(23)13-8-21-9-22-17(13)20/h3-9,16,23-24H,1-2H3/t16-,18-/m0/s1. The minimum absolute atomic E-state index is 0.205. The molecular weight excluding hydrogens is 379 g/mol. The maximum absolute atomic E-state index is 11.1. The van der Waals surface area contributed by atoms with E-state index in [1.54, 1.807) is 31.2 Å². The summed E-state index contributed by atoms with van der Waals surface area (Å²) in [5.74, 6) is 0. The van der Waals surface area contributed by atoms with Crippen molar-refractivity contribution in [1.29, 1.82) is 0 Å². The van der Waals surface area contributed by atoms with E-state index in [0.717, 1.165) is 4.88 Å². The molecule has 0 bridgehead atoms. The largest absolute Gasteiger partial charge is 0.383 e. The van der Waals surface area contributed by atoms with Crippen molar-refractivity contribution in [2.24, 2.45) is 0 Å². The van der Waals surface area contributed by atoms with Gasteiger partial charge in [-0.3, -0.25) is 0 Å². The van der Waals surface area contributed by atoms with Crippen LogP contribution in [-0.4, -0.2) is 20.2 Å². The number of hydrogen-bond acceptors (Lipinski definition) is 5. The van der Waals surface area contributed by atoms with Crippen LogP contribution in [0, 0.1) is 6.92 Å².